The molecule has 100 valence electrons. The molecule has 0 atom stereocenters. The van der Waals surface area contributed by atoms with Crippen LogP contribution < -0.4 is 11.1 Å². The number of carbonyl (C=O) groups excluding carboxylic acids is 1. The molecule has 0 bridgehead atoms. The molecule has 0 aliphatic heterocycles. The molecule has 7 heteroatoms. The second kappa shape index (κ2) is 5.38. The SMILES string of the molecule is COC(=O)c1ccc(N)c(NCc2nc(C)no2)c1. The number of aryl methyl sites for hydroxylation is 1. The van der Waals surface area contributed by atoms with Crippen LogP contribution in [0.3, 0.4) is 0 Å². The first-order valence-corrected chi connectivity index (χ1v) is 5.61. The molecular weight excluding hydrogens is 248 g/mol. The highest BCUT2D eigenvalue weighted by atomic mass is 16.5. The van der Waals surface area contributed by atoms with E-state index in [1.165, 1.54) is 7.11 Å². The van der Waals surface area contributed by atoms with E-state index >= 15 is 0 Å². The van der Waals surface area contributed by atoms with E-state index in [1.54, 1.807) is 25.1 Å². The molecule has 19 heavy (non-hydrogen) atoms. The Hall–Kier alpha value is -2.57. The van der Waals surface area contributed by atoms with Crippen molar-refractivity contribution < 1.29 is 14.1 Å². The predicted molar refractivity (Wildman–Crippen MR) is 68.6 cm³/mol. The van der Waals surface area contributed by atoms with Crippen molar-refractivity contribution in [2.45, 2.75) is 13.5 Å². The van der Waals surface area contributed by atoms with Gasteiger partial charge >= 0.3 is 5.97 Å². The second-order valence-electron chi connectivity index (χ2n) is 3.88. The summed E-state index contributed by atoms with van der Waals surface area (Å²) in [5, 5.41) is 6.71. The van der Waals surface area contributed by atoms with Crippen molar-refractivity contribution in [3.63, 3.8) is 0 Å². The highest BCUT2D eigenvalue weighted by Gasteiger charge is 2.09. The lowest BCUT2D eigenvalue weighted by Crippen LogP contribution is -2.06. The lowest BCUT2D eigenvalue weighted by Gasteiger charge is -2.08. The van der Waals surface area contributed by atoms with Gasteiger partial charge in [-0.3, -0.25) is 0 Å². The molecule has 0 amide bonds. The Morgan fingerprint density at radius 2 is 2.32 bits per heavy atom. The van der Waals surface area contributed by atoms with E-state index in [9.17, 15) is 4.79 Å². The zero-order chi connectivity index (χ0) is 13.8. The summed E-state index contributed by atoms with van der Waals surface area (Å²) in [5.41, 5.74) is 7.36. The third-order valence-electron chi connectivity index (χ3n) is 2.47. The summed E-state index contributed by atoms with van der Waals surface area (Å²) in [6.45, 7) is 2.06. The first-order valence-electron chi connectivity index (χ1n) is 5.61. The lowest BCUT2D eigenvalue weighted by molar-refractivity contribution is 0.0601. The summed E-state index contributed by atoms with van der Waals surface area (Å²) in [4.78, 5) is 15.5. The number of nitrogen functional groups attached to an aromatic ring is 1. The molecule has 0 radical (unpaired) electrons. The molecular formula is C12H14N4O3. The number of nitrogens with zero attached hydrogens (tertiary/aromatic N) is 2. The van der Waals surface area contributed by atoms with Crippen LogP contribution in [0.2, 0.25) is 0 Å². The van der Waals surface area contributed by atoms with Gasteiger partial charge < -0.3 is 20.3 Å². The molecule has 2 rings (SSSR count). The van der Waals surface area contributed by atoms with Gasteiger partial charge in [-0.1, -0.05) is 5.16 Å². The molecule has 2 aromatic rings. The summed E-state index contributed by atoms with van der Waals surface area (Å²) in [6, 6.07) is 4.85. The van der Waals surface area contributed by atoms with Crippen molar-refractivity contribution in [1.82, 2.24) is 10.1 Å². The van der Waals surface area contributed by atoms with Gasteiger partial charge in [0.05, 0.1) is 30.6 Å². The van der Waals surface area contributed by atoms with Crippen molar-refractivity contribution in [2.75, 3.05) is 18.2 Å². The monoisotopic (exact) mass is 262 g/mol. The van der Waals surface area contributed by atoms with Crippen LogP contribution in [-0.2, 0) is 11.3 Å². The number of esters is 1. The number of ether oxygens (including phenoxy) is 1. The van der Waals surface area contributed by atoms with E-state index in [1.807, 2.05) is 0 Å². The van der Waals surface area contributed by atoms with Crippen molar-refractivity contribution in [1.29, 1.82) is 0 Å². The zero-order valence-corrected chi connectivity index (χ0v) is 10.6. The molecule has 0 saturated carbocycles. The lowest BCUT2D eigenvalue weighted by atomic mass is 10.1. The van der Waals surface area contributed by atoms with E-state index in [4.69, 9.17) is 10.3 Å². The molecule has 0 unspecified atom stereocenters. The predicted octanol–water partition coefficient (Wildman–Crippen LogP) is 1.36. The molecule has 1 aromatic heterocycles. The number of hydrogen-bond donors (Lipinski definition) is 2. The molecule has 0 aliphatic carbocycles. The van der Waals surface area contributed by atoms with Crippen LogP contribution in [0.15, 0.2) is 22.7 Å². The molecule has 7 nitrogen and oxygen atoms in total. The third kappa shape index (κ3) is 3.01. The summed E-state index contributed by atoms with van der Waals surface area (Å²) in [7, 11) is 1.33. The third-order valence-corrected chi connectivity index (χ3v) is 2.47. The number of nitrogens with one attached hydrogen (secondary N) is 1. The van der Waals surface area contributed by atoms with Gasteiger partial charge in [0.25, 0.3) is 0 Å². The fraction of sp³-hybridized carbons (Fsp3) is 0.250. The Balaban J connectivity index is 2.12. The fourth-order valence-electron chi connectivity index (χ4n) is 1.54. The van der Waals surface area contributed by atoms with Crippen LogP contribution in [0.4, 0.5) is 11.4 Å². The van der Waals surface area contributed by atoms with E-state index in [2.05, 4.69) is 20.2 Å². The Labute approximate surface area is 109 Å². The number of rotatable bonds is 4. The van der Waals surface area contributed by atoms with Gasteiger partial charge in [-0.2, -0.15) is 4.98 Å². The van der Waals surface area contributed by atoms with Crippen LogP contribution in [0.25, 0.3) is 0 Å². The van der Waals surface area contributed by atoms with E-state index in [-0.39, 0.29) is 0 Å². The molecule has 1 heterocycles. The fourth-order valence-corrected chi connectivity index (χ4v) is 1.54. The molecule has 0 aliphatic rings. The number of anilines is 2. The summed E-state index contributed by atoms with van der Waals surface area (Å²) in [5.74, 6) is 0.588. The van der Waals surface area contributed by atoms with Crippen molar-refractivity contribution in [3.8, 4) is 0 Å². The van der Waals surface area contributed by atoms with Crippen LogP contribution in [0, 0.1) is 6.92 Å². The molecule has 0 fully saturated rings. The number of carbonyl (C=O) groups is 1. The summed E-state index contributed by atoms with van der Waals surface area (Å²) >= 11 is 0. The quantitative estimate of drug-likeness (QED) is 0.633. The minimum absolute atomic E-state index is 0.329. The van der Waals surface area contributed by atoms with Crippen LogP contribution in [-0.4, -0.2) is 23.2 Å². The number of hydrogen-bond acceptors (Lipinski definition) is 7. The minimum Gasteiger partial charge on any atom is -0.465 e. The van der Waals surface area contributed by atoms with E-state index in [0.717, 1.165) is 0 Å². The van der Waals surface area contributed by atoms with Gasteiger partial charge in [0.15, 0.2) is 5.82 Å². The van der Waals surface area contributed by atoms with Gasteiger partial charge in [-0.25, -0.2) is 4.79 Å². The smallest absolute Gasteiger partial charge is 0.337 e. The Morgan fingerprint density at radius 3 is 2.95 bits per heavy atom. The largest absolute Gasteiger partial charge is 0.465 e. The second-order valence-corrected chi connectivity index (χ2v) is 3.88. The van der Waals surface area contributed by atoms with E-state index < -0.39 is 5.97 Å². The number of nitrogens with two attached hydrogens (primary N) is 1. The minimum atomic E-state index is -0.420. The van der Waals surface area contributed by atoms with Crippen molar-refractivity contribution in [2.24, 2.45) is 0 Å². The van der Waals surface area contributed by atoms with Gasteiger partial charge in [-0.05, 0) is 25.1 Å². The van der Waals surface area contributed by atoms with Gasteiger partial charge in [0.1, 0.15) is 0 Å². The normalized spacial score (nSPS) is 10.2. The highest BCUT2D eigenvalue weighted by molar-refractivity contribution is 5.91. The first kappa shape index (κ1) is 12.9. The van der Waals surface area contributed by atoms with Gasteiger partial charge in [-0.15, -0.1) is 0 Å². The molecule has 0 spiro atoms. The van der Waals surface area contributed by atoms with Crippen LogP contribution in [0.5, 0.6) is 0 Å². The zero-order valence-electron chi connectivity index (χ0n) is 10.6. The Kier molecular flexibility index (Phi) is 3.65. The van der Waals surface area contributed by atoms with Crippen LogP contribution in [0.1, 0.15) is 22.1 Å². The topological polar surface area (TPSA) is 103 Å². The van der Waals surface area contributed by atoms with E-state index in [0.29, 0.717) is 35.2 Å². The van der Waals surface area contributed by atoms with Gasteiger partial charge in [0, 0.05) is 0 Å². The average molecular weight is 262 g/mol. The number of aromatic nitrogens is 2. The van der Waals surface area contributed by atoms with Gasteiger partial charge in [0.2, 0.25) is 5.89 Å². The Morgan fingerprint density at radius 1 is 1.53 bits per heavy atom. The highest BCUT2D eigenvalue weighted by Crippen LogP contribution is 2.21. The first-order chi connectivity index (χ1) is 9.10. The molecule has 0 saturated heterocycles. The summed E-state index contributed by atoms with van der Waals surface area (Å²) < 4.78 is 9.62. The molecule has 1 aromatic carbocycles. The van der Waals surface area contributed by atoms with Crippen molar-refractivity contribution in [3.05, 3.63) is 35.5 Å². The maximum atomic E-state index is 11.4. The maximum Gasteiger partial charge on any atom is 0.337 e. The number of methoxy groups -OCH3 is 1. The molecule has 3 N–H and O–H groups in total. The standard InChI is InChI=1S/C12H14N4O3/c1-7-15-11(19-16-7)6-14-10-5-8(12(17)18-2)3-4-9(10)13/h3-5,14H,6,13H2,1-2H3. The van der Waals surface area contributed by atoms with Crippen molar-refractivity contribution >= 4 is 17.3 Å². The maximum absolute atomic E-state index is 11.4. The summed E-state index contributed by atoms with van der Waals surface area (Å²) in [6.07, 6.45) is 0. The number of benzene rings is 1. The average Bonchev–Trinajstić information content (AvgIpc) is 2.82. The Bertz CT molecular complexity index is 594. The van der Waals surface area contributed by atoms with Crippen LogP contribution >= 0.6 is 0 Å².